The van der Waals surface area contributed by atoms with E-state index in [9.17, 15) is 14.4 Å². The molecule has 0 aliphatic rings. The fourth-order valence-corrected chi connectivity index (χ4v) is 1.49. The summed E-state index contributed by atoms with van der Waals surface area (Å²) < 4.78 is 0. The number of amides is 2. The van der Waals surface area contributed by atoms with Gasteiger partial charge in [-0.1, -0.05) is 19.8 Å². The normalized spacial score (nSPS) is 11.6. The molecule has 19 heavy (non-hydrogen) atoms. The molecule has 0 radical (unpaired) electrons. The van der Waals surface area contributed by atoms with Crippen LogP contribution in [-0.4, -0.2) is 39.1 Å². The molecular formula is C11H16N4O4. The molecule has 0 aromatic carbocycles. The summed E-state index contributed by atoms with van der Waals surface area (Å²) in [6.45, 7) is 1.91. The lowest BCUT2D eigenvalue weighted by Crippen LogP contribution is -2.45. The van der Waals surface area contributed by atoms with Crippen LogP contribution >= 0.6 is 0 Å². The van der Waals surface area contributed by atoms with E-state index in [4.69, 9.17) is 5.11 Å². The summed E-state index contributed by atoms with van der Waals surface area (Å²) >= 11 is 0. The maximum absolute atomic E-state index is 11.8. The molecule has 1 rings (SSSR count). The monoisotopic (exact) mass is 268 g/mol. The van der Waals surface area contributed by atoms with Crippen LogP contribution in [0.5, 0.6) is 0 Å². The summed E-state index contributed by atoms with van der Waals surface area (Å²) in [5.41, 5.74) is 0. The van der Waals surface area contributed by atoms with Gasteiger partial charge >= 0.3 is 6.09 Å². The zero-order valence-corrected chi connectivity index (χ0v) is 10.5. The van der Waals surface area contributed by atoms with Crippen LogP contribution in [0.25, 0.3) is 0 Å². The van der Waals surface area contributed by atoms with E-state index in [0.717, 1.165) is 6.42 Å². The number of H-pyrrole nitrogens is 1. The number of ketones is 1. The average Bonchev–Trinajstić information content (AvgIpc) is 2.85. The second-order valence-electron chi connectivity index (χ2n) is 3.92. The third-order valence-electron chi connectivity index (χ3n) is 2.43. The number of hydrogen-bond donors (Lipinski definition) is 4. The molecule has 1 aromatic rings. The lowest BCUT2D eigenvalue weighted by Gasteiger charge is -2.14. The Morgan fingerprint density at radius 1 is 1.47 bits per heavy atom. The molecule has 1 aromatic heterocycles. The number of Topliss-reactive ketones (excluding diaryl/α,β-unsaturated/α-hetero) is 1. The molecule has 0 fully saturated rings. The number of carbonyl (C=O) groups excluding carboxylic acids is 2. The number of hydrogen-bond acceptors (Lipinski definition) is 4. The van der Waals surface area contributed by atoms with Crippen LogP contribution in [0.1, 0.15) is 26.2 Å². The number of nitrogens with zero attached hydrogens (tertiary/aromatic N) is 1. The highest BCUT2D eigenvalue weighted by molar-refractivity contribution is 6.42. The highest BCUT2D eigenvalue weighted by Crippen LogP contribution is 2.05. The largest absolute Gasteiger partial charge is 0.465 e. The molecule has 8 nitrogen and oxygen atoms in total. The Morgan fingerprint density at radius 2 is 2.21 bits per heavy atom. The number of nitrogens with one attached hydrogen (secondary N) is 3. The standard InChI is InChI=1S/C11H16N4O4/c1-2-3-4-7(13-11(18)19)9(16)10(17)14-8-5-6-12-15-8/h5-7,13H,2-4H2,1H3,(H,18,19)(H2,12,14,15,17)/t7-/m0/s1. The fraction of sp³-hybridized carbons (Fsp3) is 0.455. The zero-order valence-electron chi connectivity index (χ0n) is 10.5. The van der Waals surface area contributed by atoms with Crippen LogP contribution < -0.4 is 10.6 Å². The van der Waals surface area contributed by atoms with Crippen molar-refractivity contribution in [2.24, 2.45) is 0 Å². The van der Waals surface area contributed by atoms with Gasteiger partial charge in [-0.3, -0.25) is 14.7 Å². The van der Waals surface area contributed by atoms with Crippen LogP contribution in [-0.2, 0) is 9.59 Å². The van der Waals surface area contributed by atoms with E-state index in [2.05, 4.69) is 20.8 Å². The first kappa shape index (κ1) is 14.7. The fourth-order valence-electron chi connectivity index (χ4n) is 1.49. The lowest BCUT2D eigenvalue weighted by atomic mass is 10.1. The SMILES string of the molecule is CCCC[C@H](NC(=O)O)C(=O)C(=O)Nc1cc[nH]n1. The van der Waals surface area contributed by atoms with Gasteiger partial charge in [0.15, 0.2) is 5.82 Å². The first-order valence-corrected chi connectivity index (χ1v) is 5.89. The summed E-state index contributed by atoms with van der Waals surface area (Å²) in [6.07, 6.45) is 1.89. The Hall–Kier alpha value is -2.38. The number of carboxylic acid groups (broad SMARTS) is 1. The molecular weight excluding hydrogens is 252 g/mol. The average molecular weight is 268 g/mol. The highest BCUT2D eigenvalue weighted by atomic mass is 16.4. The number of carbonyl (C=O) groups is 3. The first-order chi connectivity index (χ1) is 9.04. The molecule has 104 valence electrons. The van der Waals surface area contributed by atoms with Crippen LogP contribution in [0.15, 0.2) is 12.3 Å². The minimum absolute atomic E-state index is 0.211. The number of anilines is 1. The third-order valence-corrected chi connectivity index (χ3v) is 2.43. The van der Waals surface area contributed by atoms with Gasteiger partial charge in [-0.25, -0.2) is 4.79 Å². The molecule has 1 atom stereocenters. The van der Waals surface area contributed by atoms with Crippen LogP contribution in [0.3, 0.4) is 0 Å². The van der Waals surface area contributed by atoms with Crippen LogP contribution in [0.2, 0.25) is 0 Å². The molecule has 0 spiro atoms. The van der Waals surface area contributed by atoms with Crippen molar-refractivity contribution in [1.82, 2.24) is 15.5 Å². The molecule has 0 aliphatic heterocycles. The number of rotatable bonds is 7. The number of unbranched alkanes of at least 4 members (excludes halogenated alkanes) is 1. The summed E-state index contributed by atoms with van der Waals surface area (Å²) in [6, 6.07) is 0.452. The van der Waals surface area contributed by atoms with Crippen molar-refractivity contribution in [2.45, 2.75) is 32.2 Å². The molecule has 1 heterocycles. The quantitative estimate of drug-likeness (QED) is 0.543. The second kappa shape index (κ2) is 7.14. The van der Waals surface area contributed by atoms with Crippen molar-refractivity contribution in [1.29, 1.82) is 0 Å². The molecule has 2 amide bonds. The lowest BCUT2D eigenvalue weighted by molar-refractivity contribution is -0.136. The minimum atomic E-state index is -1.33. The van der Waals surface area contributed by atoms with E-state index < -0.39 is 23.8 Å². The maximum atomic E-state index is 11.8. The van der Waals surface area contributed by atoms with Gasteiger partial charge in [-0.15, -0.1) is 0 Å². The molecule has 0 saturated heterocycles. The highest BCUT2D eigenvalue weighted by Gasteiger charge is 2.26. The molecule has 0 bridgehead atoms. The molecule has 4 N–H and O–H groups in total. The van der Waals surface area contributed by atoms with Crippen molar-refractivity contribution in [3.05, 3.63) is 12.3 Å². The van der Waals surface area contributed by atoms with E-state index in [0.29, 0.717) is 6.42 Å². The second-order valence-corrected chi connectivity index (χ2v) is 3.92. The summed E-state index contributed by atoms with van der Waals surface area (Å²) in [5.74, 6) is -1.50. The van der Waals surface area contributed by atoms with Gasteiger partial charge in [0.1, 0.15) is 6.04 Å². The smallest absolute Gasteiger partial charge is 0.405 e. The Kier molecular flexibility index (Phi) is 5.52. The van der Waals surface area contributed by atoms with Crippen LogP contribution in [0.4, 0.5) is 10.6 Å². The maximum Gasteiger partial charge on any atom is 0.405 e. The van der Waals surface area contributed by atoms with Crippen molar-refractivity contribution in [3.63, 3.8) is 0 Å². The van der Waals surface area contributed by atoms with E-state index in [-0.39, 0.29) is 12.2 Å². The summed E-state index contributed by atoms with van der Waals surface area (Å²) in [4.78, 5) is 34.1. The Morgan fingerprint density at radius 3 is 2.74 bits per heavy atom. The van der Waals surface area contributed by atoms with Crippen molar-refractivity contribution < 1.29 is 19.5 Å². The third kappa shape index (κ3) is 4.78. The van der Waals surface area contributed by atoms with Gasteiger partial charge in [0.2, 0.25) is 5.78 Å². The molecule has 0 unspecified atom stereocenters. The molecule has 0 aliphatic carbocycles. The van der Waals surface area contributed by atoms with E-state index in [1.807, 2.05) is 6.92 Å². The molecule has 0 saturated carbocycles. The number of aromatic nitrogens is 2. The predicted octanol–water partition coefficient (Wildman–Crippen LogP) is 0.744. The van der Waals surface area contributed by atoms with E-state index >= 15 is 0 Å². The van der Waals surface area contributed by atoms with Gasteiger partial charge in [-0.05, 0) is 6.42 Å². The predicted molar refractivity (Wildman–Crippen MR) is 66.7 cm³/mol. The molecule has 8 heteroatoms. The Bertz CT molecular complexity index is 444. The summed E-state index contributed by atoms with van der Waals surface area (Å²) in [7, 11) is 0. The van der Waals surface area contributed by atoms with Crippen molar-refractivity contribution in [2.75, 3.05) is 5.32 Å². The first-order valence-electron chi connectivity index (χ1n) is 5.89. The van der Waals surface area contributed by atoms with Gasteiger partial charge < -0.3 is 15.7 Å². The van der Waals surface area contributed by atoms with Crippen LogP contribution in [0, 0.1) is 0 Å². The zero-order chi connectivity index (χ0) is 14.3. The van der Waals surface area contributed by atoms with Gasteiger partial charge in [-0.2, -0.15) is 5.10 Å². The van der Waals surface area contributed by atoms with Crippen molar-refractivity contribution >= 4 is 23.6 Å². The van der Waals surface area contributed by atoms with Gasteiger partial charge in [0.25, 0.3) is 5.91 Å². The van der Waals surface area contributed by atoms with E-state index in [1.165, 1.54) is 12.3 Å². The van der Waals surface area contributed by atoms with E-state index in [1.54, 1.807) is 0 Å². The number of aromatic amines is 1. The minimum Gasteiger partial charge on any atom is -0.465 e. The topological polar surface area (TPSA) is 124 Å². The van der Waals surface area contributed by atoms with Gasteiger partial charge in [0, 0.05) is 12.3 Å². The van der Waals surface area contributed by atoms with Gasteiger partial charge in [0.05, 0.1) is 0 Å². The Labute approximate surface area is 109 Å². The van der Waals surface area contributed by atoms with Crippen molar-refractivity contribution in [3.8, 4) is 0 Å². The summed E-state index contributed by atoms with van der Waals surface area (Å²) in [5, 5.41) is 19.2. The Balaban J connectivity index is 2.63.